The van der Waals surface area contributed by atoms with E-state index in [0.717, 1.165) is 29.0 Å². The van der Waals surface area contributed by atoms with Gasteiger partial charge in [0, 0.05) is 0 Å². The molecular weight excluding hydrogens is 194 g/mol. The average Bonchev–Trinajstić information content (AvgIpc) is 2.26. The van der Waals surface area contributed by atoms with Gasteiger partial charge in [0.2, 0.25) is 0 Å². The Hall–Kier alpha value is -1.26. The minimum absolute atomic E-state index is 0.513. The molecule has 0 amide bonds. The highest BCUT2D eigenvalue weighted by molar-refractivity contribution is 5.49. The molecule has 2 rings (SSSR count). The molecule has 4 heteroatoms. The molecule has 1 aromatic carbocycles. The first-order valence-corrected chi connectivity index (χ1v) is 5.02. The van der Waals surface area contributed by atoms with E-state index in [1.165, 1.54) is 0 Å². The Bertz CT molecular complexity index is 352. The van der Waals surface area contributed by atoms with Gasteiger partial charge in [0.05, 0.1) is 6.61 Å². The molecule has 1 aliphatic rings. The van der Waals surface area contributed by atoms with E-state index in [2.05, 4.69) is 10.9 Å². The van der Waals surface area contributed by atoms with Gasteiger partial charge in [-0.05, 0) is 30.5 Å². The van der Waals surface area contributed by atoms with Crippen LogP contribution in [0.1, 0.15) is 11.1 Å². The number of rotatable bonds is 3. The number of fused-ring (bicyclic) bond motifs is 1. The van der Waals surface area contributed by atoms with Crippen LogP contribution < -0.4 is 15.4 Å². The lowest BCUT2D eigenvalue weighted by atomic mass is 10.1. The van der Waals surface area contributed by atoms with E-state index in [1.807, 2.05) is 13.0 Å². The van der Waals surface area contributed by atoms with E-state index in [0.29, 0.717) is 19.8 Å². The molecule has 0 atom stereocenters. The fourth-order valence-electron chi connectivity index (χ4n) is 1.72. The van der Waals surface area contributed by atoms with Gasteiger partial charge in [0.25, 0.3) is 0 Å². The second kappa shape index (κ2) is 4.51. The van der Waals surface area contributed by atoms with Crippen molar-refractivity contribution < 1.29 is 14.3 Å². The molecule has 0 aromatic heterocycles. The first kappa shape index (κ1) is 10.3. The zero-order valence-corrected chi connectivity index (χ0v) is 8.79. The quantitative estimate of drug-likeness (QED) is 0.760. The second-order valence-corrected chi connectivity index (χ2v) is 3.56. The summed E-state index contributed by atoms with van der Waals surface area (Å²) >= 11 is 0. The van der Waals surface area contributed by atoms with Gasteiger partial charge in [0.1, 0.15) is 13.2 Å². The van der Waals surface area contributed by atoms with Crippen molar-refractivity contribution in [2.45, 2.75) is 13.3 Å². The Labute approximate surface area is 88.9 Å². The summed E-state index contributed by atoms with van der Waals surface area (Å²) in [6, 6.07) is 4.06. The number of aryl methyl sites for hydroxylation is 1. The predicted molar refractivity (Wildman–Crippen MR) is 56.0 cm³/mol. The van der Waals surface area contributed by atoms with Crippen molar-refractivity contribution in [3.8, 4) is 11.5 Å². The maximum Gasteiger partial charge on any atom is 0.164 e. The van der Waals surface area contributed by atoms with Crippen molar-refractivity contribution >= 4 is 0 Å². The van der Waals surface area contributed by atoms with Crippen LogP contribution in [-0.2, 0) is 11.3 Å². The third-order valence-electron chi connectivity index (χ3n) is 2.40. The summed E-state index contributed by atoms with van der Waals surface area (Å²) in [5, 5.41) is 0. The van der Waals surface area contributed by atoms with Crippen molar-refractivity contribution in [3.05, 3.63) is 23.3 Å². The van der Waals surface area contributed by atoms with Gasteiger partial charge < -0.3 is 14.3 Å². The van der Waals surface area contributed by atoms with Gasteiger partial charge in [-0.25, -0.2) is 5.90 Å². The molecule has 0 saturated carbocycles. The lowest BCUT2D eigenvalue weighted by molar-refractivity contribution is 0.141. The van der Waals surface area contributed by atoms with Crippen LogP contribution in [0.2, 0.25) is 0 Å². The molecule has 15 heavy (non-hydrogen) atoms. The summed E-state index contributed by atoms with van der Waals surface area (Å²) in [6.45, 7) is 3.77. The normalized spacial score (nSPS) is 14.0. The highest BCUT2D eigenvalue weighted by Gasteiger charge is 2.14. The van der Waals surface area contributed by atoms with E-state index in [9.17, 15) is 0 Å². The number of hydrogen-bond acceptors (Lipinski definition) is 4. The predicted octanol–water partition coefficient (Wildman–Crippen LogP) is 1.20. The molecule has 0 unspecified atom stereocenters. The number of benzene rings is 1. The molecular formula is C11H15NO3. The summed E-state index contributed by atoms with van der Waals surface area (Å²) in [7, 11) is 0. The summed E-state index contributed by atoms with van der Waals surface area (Å²) < 4.78 is 11.1. The van der Waals surface area contributed by atoms with Crippen LogP contribution in [0.4, 0.5) is 0 Å². The SMILES string of the molecule is Cc1cc(CCON)cc2c1OCCO2. The van der Waals surface area contributed by atoms with Gasteiger partial charge in [-0.15, -0.1) is 0 Å². The first-order chi connectivity index (χ1) is 7.31. The van der Waals surface area contributed by atoms with Crippen LogP contribution in [0.15, 0.2) is 12.1 Å². The monoisotopic (exact) mass is 209 g/mol. The summed E-state index contributed by atoms with van der Waals surface area (Å²) in [5.41, 5.74) is 2.25. The van der Waals surface area contributed by atoms with Crippen molar-refractivity contribution in [2.75, 3.05) is 19.8 Å². The molecule has 1 aliphatic heterocycles. The summed E-state index contributed by atoms with van der Waals surface area (Å²) in [5.74, 6) is 6.68. The zero-order valence-electron chi connectivity index (χ0n) is 8.79. The lowest BCUT2D eigenvalue weighted by Gasteiger charge is -2.21. The fourth-order valence-corrected chi connectivity index (χ4v) is 1.72. The maximum atomic E-state index is 5.53. The molecule has 0 aliphatic carbocycles. The Morgan fingerprint density at radius 2 is 2.13 bits per heavy atom. The summed E-state index contributed by atoms with van der Waals surface area (Å²) in [4.78, 5) is 4.56. The minimum atomic E-state index is 0.513. The molecule has 1 aromatic rings. The maximum absolute atomic E-state index is 5.53. The van der Waals surface area contributed by atoms with Crippen LogP contribution in [-0.4, -0.2) is 19.8 Å². The average molecular weight is 209 g/mol. The lowest BCUT2D eigenvalue weighted by Crippen LogP contribution is -2.16. The molecule has 0 saturated heterocycles. The largest absolute Gasteiger partial charge is 0.486 e. The van der Waals surface area contributed by atoms with Crippen LogP contribution in [0.5, 0.6) is 11.5 Å². The fraction of sp³-hybridized carbons (Fsp3) is 0.455. The first-order valence-electron chi connectivity index (χ1n) is 5.02. The molecule has 0 fully saturated rings. The van der Waals surface area contributed by atoms with E-state index in [1.54, 1.807) is 0 Å². The highest BCUT2D eigenvalue weighted by atomic mass is 16.6. The smallest absolute Gasteiger partial charge is 0.164 e. The van der Waals surface area contributed by atoms with Crippen molar-refractivity contribution in [1.82, 2.24) is 0 Å². The molecule has 2 N–H and O–H groups in total. The molecule has 0 spiro atoms. The third-order valence-corrected chi connectivity index (χ3v) is 2.40. The van der Waals surface area contributed by atoms with Crippen molar-refractivity contribution in [2.24, 2.45) is 5.90 Å². The van der Waals surface area contributed by atoms with Gasteiger partial charge in [-0.1, -0.05) is 6.07 Å². The number of nitrogens with two attached hydrogens (primary N) is 1. The molecule has 0 radical (unpaired) electrons. The second-order valence-electron chi connectivity index (χ2n) is 3.56. The van der Waals surface area contributed by atoms with Crippen LogP contribution in [0, 0.1) is 6.92 Å². The molecule has 1 heterocycles. The van der Waals surface area contributed by atoms with Crippen LogP contribution >= 0.6 is 0 Å². The number of hydrogen-bond donors (Lipinski definition) is 1. The van der Waals surface area contributed by atoms with E-state index >= 15 is 0 Å². The van der Waals surface area contributed by atoms with Gasteiger partial charge in [0.15, 0.2) is 11.5 Å². The number of ether oxygens (including phenoxy) is 2. The van der Waals surface area contributed by atoms with E-state index in [4.69, 9.17) is 15.4 Å². The summed E-state index contributed by atoms with van der Waals surface area (Å²) in [6.07, 6.45) is 0.786. The van der Waals surface area contributed by atoms with Gasteiger partial charge >= 0.3 is 0 Å². The van der Waals surface area contributed by atoms with Gasteiger partial charge in [-0.2, -0.15) is 0 Å². The van der Waals surface area contributed by atoms with Crippen LogP contribution in [0.25, 0.3) is 0 Å². The Balaban J connectivity index is 2.24. The van der Waals surface area contributed by atoms with Gasteiger partial charge in [-0.3, -0.25) is 0 Å². The van der Waals surface area contributed by atoms with Crippen LogP contribution in [0.3, 0.4) is 0 Å². The van der Waals surface area contributed by atoms with Crippen molar-refractivity contribution in [1.29, 1.82) is 0 Å². The molecule has 0 bridgehead atoms. The van der Waals surface area contributed by atoms with E-state index < -0.39 is 0 Å². The zero-order chi connectivity index (χ0) is 10.7. The Morgan fingerprint density at radius 1 is 1.33 bits per heavy atom. The molecule has 82 valence electrons. The third kappa shape index (κ3) is 2.22. The highest BCUT2D eigenvalue weighted by Crippen LogP contribution is 2.34. The van der Waals surface area contributed by atoms with Crippen molar-refractivity contribution in [3.63, 3.8) is 0 Å². The Morgan fingerprint density at radius 3 is 2.93 bits per heavy atom. The molecule has 4 nitrogen and oxygen atoms in total. The topological polar surface area (TPSA) is 53.7 Å². The Kier molecular flexibility index (Phi) is 3.08. The minimum Gasteiger partial charge on any atom is -0.486 e. The van der Waals surface area contributed by atoms with E-state index in [-0.39, 0.29) is 0 Å². The standard InChI is InChI=1S/C11H15NO3/c1-8-6-9(2-3-15-12)7-10-11(8)14-5-4-13-10/h6-7H,2-5,12H2,1H3.